The van der Waals surface area contributed by atoms with Crippen LogP contribution < -0.4 is 14.8 Å². The van der Waals surface area contributed by atoms with E-state index in [1.165, 1.54) is 29.8 Å². The second kappa shape index (κ2) is 12.4. The maximum absolute atomic E-state index is 12.9. The lowest BCUT2D eigenvalue weighted by molar-refractivity contribution is -0.384. The van der Waals surface area contributed by atoms with Gasteiger partial charge in [-0.2, -0.15) is 0 Å². The van der Waals surface area contributed by atoms with Crippen LogP contribution >= 0.6 is 11.6 Å². The Bertz CT molecular complexity index is 1760. The van der Waals surface area contributed by atoms with E-state index in [-0.39, 0.29) is 34.9 Å². The van der Waals surface area contributed by atoms with E-state index in [2.05, 4.69) is 31.3 Å². The molecule has 43 heavy (non-hydrogen) atoms. The van der Waals surface area contributed by atoms with Gasteiger partial charge in [-0.25, -0.2) is 0 Å². The molecule has 0 aliphatic rings. The summed E-state index contributed by atoms with van der Waals surface area (Å²) >= 11 is 6.07. The third-order valence-electron chi connectivity index (χ3n) is 7.06. The first-order chi connectivity index (χ1) is 20.6. The standard InChI is InChI=1S/C34H29ClN2O6/c1-22-17-28(13-15-31(22)35)42-30-19-25(18-26(20-30)37(39)40)36-33(38)32-16-14-29(43-32)21-41-27-11-9-24(10-12-27)34(2,3)23-7-5-4-6-8-23/h4-20H,21H2,1-3H3,(H,36,38). The van der Waals surface area contributed by atoms with Crippen molar-refractivity contribution >= 4 is 28.9 Å². The topological polar surface area (TPSA) is 104 Å². The number of benzene rings is 4. The molecule has 0 fully saturated rings. The van der Waals surface area contributed by atoms with Crippen molar-refractivity contribution in [3.8, 4) is 17.2 Å². The number of nitrogens with zero attached hydrogens (tertiary/aromatic N) is 1. The van der Waals surface area contributed by atoms with Crippen molar-refractivity contribution < 1.29 is 23.6 Å². The van der Waals surface area contributed by atoms with Gasteiger partial charge in [-0.05, 0) is 66.1 Å². The molecule has 1 N–H and O–H groups in total. The number of hydrogen-bond acceptors (Lipinski definition) is 6. The minimum Gasteiger partial charge on any atom is -0.486 e. The molecular formula is C34H29ClN2O6. The number of hydrogen-bond donors (Lipinski definition) is 1. The van der Waals surface area contributed by atoms with Crippen LogP contribution in [-0.2, 0) is 12.0 Å². The van der Waals surface area contributed by atoms with Crippen LogP contribution in [0.4, 0.5) is 11.4 Å². The highest BCUT2D eigenvalue weighted by Crippen LogP contribution is 2.33. The Kier molecular flexibility index (Phi) is 8.50. The van der Waals surface area contributed by atoms with Crippen LogP contribution in [0, 0.1) is 17.0 Å². The number of carbonyl (C=O) groups is 1. The van der Waals surface area contributed by atoms with Crippen molar-refractivity contribution in [2.75, 3.05) is 5.32 Å². The quantitative estimate of drug-likeness (QED) is 0.127. The summed E-state index contributed by atoms with van der Waals surface area (Å²) in [5, 5.41) is 14.7. The van der Waals surface area contributed by atoms with Gasteiger partial charge in [0.25, 0.3) is 11.6 Å². The monoisotopic (exact) mass is 596 g/mol. The molecule has 0 saturated heterocycles. The van der Waals surface area contributed by atoms with Gasteiger partial charge >= 0.3 is 0 Å². The largest absolute Gasteiger partial charge is 0.486 e. The Morgan fingerprint density at radius 2 is 1.58 bits per heavy atom. The number of nitro benzene ring substituents is 1. The number of nitrogens with one attached hydrogen (secondary N) is 1. The zero-order chi connectivity index (χ0) is 30.6. The van der Waals surface area contributed by atoms with Gasteiger partial charge in [0.15, 0.2) is 5.76 Å². The van der Waals surface area contributed by atoms with Gasteiger partial charge in [-0.15, -0.1) is 0 Å². The summed E-state index contributed by atoms with van der Waals surface area (Å²) in [6.45, 7) is 6.29. The first kappa shape index (κ1) is 29.4. The molecule has 0 aliphatic heterocycles. The molecule has 4 aromatic carbocycles. The number of non-ortho nitro benzene ring substituents is 1. The maximum atomic E-state index is 12.9. The molecule has 0 saturated carbocycles. The summed E-state index contributed by atoms with van der Waals surface area (Å²) in [7, 11) is 0. The smallest absolute Gasteiger partial charge is 0.291 e. The summed E-state index contributed by atoms with van der Waals surface area (Å²) in [6, 6.07) is 30.4. The number of halogens is 1. The maximum Gasteiger partial charge on any atom is 0.291 e. The molecule has 5 rings (SSSR count). The van der Waals surface area contributed by atoms with E-state index in [0.29, 0.717) is 22.3 Å². The van der Waals surface area contributed by atoms with E-state index >= 15 is 0 Å². The number of rotatable bonds is 10. The van der Waals surface area contributed by atoms with Crippen LogP contribution in [0.2, 0.25) is 5.02 Å². The number of carbonyl (C=O) groups excluding carboxylic acids is 1. The van der Waals surface area contributed by atoms with Gasteiger partial charge in [-0.1, -0.05) is 67.9 Å². The van der Waals surface area contributed by atoms with Crippen molar-refractivity contribution in [3.05, 3.63) is 146 Å². The Morgan fingerprint density at radius 3 is 2.28 bits per heavy atom. The van der Waals surface area contributed by atoms with E-state index in [9.17, 15) is 14.9 Å². The summed E-state index contributed by atoms with van der Waals surface area (Å²) in [5.74, 6) is 1.19. The average molecular weight is 597 g/mol. The second-order valence-corrected chi connectivity index (χ2v) is 10.9. The number of nitro groups is 1. The Hall–Kier alpha value is -5.08. The lowest BCUT2D eigenvalue weighted by atomic mass is 9.78. The lowest BCUT2D eigenvalue weighted by Crippen LogP contribution is -2.18. The van der Waals surface area contributed by atoms with Gasteiger partial charge in [0.05, 0.1) is 16.7 Å². The van der Waals surface area contributed by atoms with Crippen LogP contribution in [0.3, 0.4) is 0 Å². The molecule has 0 aliphatic carbocycles. The van der Waals surface area contributed by atoms with Crippen LogP contribution in [0.5, 0.6) is 17.2 Å². The highest BCUT2D eigenvalue weighted by Gasteiger charge is 2.23. The van der Waals surface area contributed by atoms with E-state index < -0.39 is 10.8 Å². The number of ether oxygens (including phenoxy) is 2. The molecule has 1 heterocycles. The van der Waals surface area contributed by atoms with Crippen molar-refractivity contribution in [2.24, 2.45) is 0 Å². The minimum absolute atomic E-state index is 0.0286. The first-order valence-electron chi connectivity index (χ1n) is 13.5. The van der Waals surface area contributed by atoms with E-state index in [1.807, 2.05) is 49.4 Å². The number of amides is 1. The molecule has 0 spiro atoms. The summed E-state index contributed by atoms with van der Waals surface area (Å²) in [4.78, 5) is 23.9. The molecule has 8 nitrogen and oxygen atoms in total. The highest BCUT2D eigenvalue weighted by atomic mass is 35.5. The normalized spacial score (nSPS) is 11.2. The van der Waals surface area contributed by atoms with Crippen LogP contribution in [0.1, 0.15) is 46.9 Å². The number of anilines is 1. The average Bonchev–Trinajstić information content (AvgIpc) is 3.48. The summed E-state index contributed by atoms with van der Waals surface area (Å²) in [5.41, 5.74) is 2.93. The van der Waals surface area contributed by atoms with Gasteiger partial charge < -0.3 is 19.2 Å². The van der Waals surface area contributed by atoms with Crippen LogP contribution in [0.25, 0.3) is 0 Å². The van der Waals surface area contributed by atoms with Crippen LogP contribution in [-0.4, -0.2) is 10.8 Å². The molecule has 9 heteroatoms. The fourth-order valence-electron chi connectivity index (χ4n) is 4.55. The first-order valence-corrected chi connectivity index (χ1v) is 13.9. The zero-order valence-electron chi connectivity index (χ0n) is 23.8. The second-order valence-electron chi connectivity index (χ2n) is 10.5. The highest BCUT2D eigenvalue weighted by molar-refractivity contribution is 6.31. The van der Waals surface area contributed by atoms with Crippen molar-refractivity contribution in [3.63, 3.8) is 0 Å². The van der Waals surface area contributed by atoms with E-state index in [1.54, 1.807) is 24.3 Å². The SMILES string of the molecule is Cc1cc(Oc2cc(NC(=O)c3ccc(COc4ccc(C(C)(C)c5ccccc5)cc4)o3)cc([N+](=O)[O-])c2)ccc1Cl. The van der Waals surface area contributed by atoms with Gasteiger partial charge in [0.1, 0.15) is 29.6 Å². The molecule has 0 radical (unpaired) electrons. The minimum atomic E-state index is -0.576. The molecular weight excluding hydrogens is 568 g/mol. The fourth-order valence-corrected chi connectivity index (χ4v) is 4.67. The predicted molar refractivity (Wildman–Crippen MR) is 165 cm³/mol. The zero-order valence-corrected chi connectivity index (χ0v) is 24.6. The molecule has 0 bridgehead atoms. The molecule has 1 aromatic heterocycles. The molecule has 0 atom stereocenters. The Morgan fingerprint density at radius 1 is 0.884 bits per heavy atom. The fraction of sp³-hybridized carbons (Fsp3) is 0.147. The van der Waals surface area contributed by atoms with Crippen molar-refractivity contribution in [2.45, 2.75) is 32.8 Å². The third-order valence-corrected chi connectivity index (χ3v) is 7.49. The van der Waals surface area contributed by atoms with Gasteiger partial charge in [0, 0.05) is 22.6 Å². The van der Waals surface area contributed by atoms with E-state index in [0.717, 1.165) is 11.1 Å². The van der Waals surface area contributed by atoms with Crippen LogP contribution in [0.15, 0.2) is 108 Å². The molecule has 218 valence electrons. The molecule has 0 unspecified atom stereocenters. The van der Waals surface area contributed by atoms with Crippen molar-refractivity contribution in [1.82, 2.24) is 0 Å². The van der Waals surface area contributed by atoms with Gasteiger partial charge in [-0.3, -0.25) is 14.9 Å². The third kappa shape index (κ3) is 7.05. The number of aryl methyl sites for hydroxylation is 1. The molecule has 1 amide bonds. The van der Waals surface area contributed by atoms with Gasteiger partial charge in [0.2, 0.25) is 0 Å². The Balaban J connectivity index is 1.23. The summed E-state index contributed by atoms with van der Waals surface area (Å²) in [6.07, 6.45) is 0. The number of furan rings is 1. The lowest BCUT2D eigenvalue weighted by Gasteiger charge is -2.26. The molecule has 5 aromatic rings. The Labute approximate surface area is 254 Å². The van der Waals surface area contributed by atoms with Crippen molar-refractivity contribution in [1.29, 1.82) is 0 Å². The van der Waals surface area contributed by atoms with E-state index in [4.69, 9.17) is 25.5 Å². The predicted octanol–water partition coefficient (Wildman–Crippen LogP) is 9.10. The summed E-state index contributed by atoms with van der Waals surface area (Å²) < 4.78 is 17.4.